The molecule has 2 heterocycles. The zero-order chi connectivity index (χ0) is 17.5. The monoisotopic (exact) mass is 354 g/mol. The Balaban J connectivity index is 1.76. The van der Waals surface area contributed by atoms with Gasteiger partial charge in [-0.25, -0.2) is 9.18 Å². The third-order valence-electron chi connectivity index (χ3n) is 4.47. The highest BCUT2D eigenvalue weighted by molar-refractivity contribution is 6.30. The summed E-state index contributed by atoms with van der Waals surface area (Å²) < 4.78 is 20.0. The SMILES string of the molecule is CC(C)(C)OC(=O)N1CC(F)C(N2CCCc3cc(Cl)ccc32)C1. The van der Waals surface area contributed by atoms with Gasteiger partial charge >= 0.3 is 6.09 Å². The van der Waals surface area contributed by atoms with E-state index in [1.54, 1.807) is 0 Å². The predicted molar refractivity (Wildman–Crippen MR) is 93.6 cm³/mol. The van der Waals surface area contributed by atoms with Crippen LogP contribution < -0.4 is 4.90 Å². The first-order chi connectivity index (χ1) is 11.2. The van der Waals surface area contributed by atoms with Crippen molar-refractivity contribution in [2.45, 2.75) is 51.4 Å². The van der Waals surface area contributed by atoms with Crippen molar-refractivity contribution in [1.82, 2.24) is 4.90 Å². The molecular formula is C18H24ClFN2O2. The summed E-state index contributed by atoms with van der Waals surface area (Å²) in [5, 5.41) is 0.703. The number of nitrogens with zero attached hydrogens (tertiary/aromatic N) is 2. The van der Waals surface area contributed by atoms with Gasteiger partial charge in [-0.05, 0) is 57.4 Å². The minimum absolute atomic E-state index is 0.0823. The van der Waals surface area contributed by atoms with Crippen LogP contribution in [-0.2, 0) is 11.2 Å². The maximum atomic E-state index is 14.7. The zero-order valence-electron chi connectivity index (χ0n) is 14.4. The number of fused-ring (bicyclic) bond motifs is 1. The van der Waals surface area contributed by atoms with Gasteiger partial charge in [-0.1, -0.05) is 11.6 Å². The molecule has 0 spiro atoms. The number of carbonyl (C=O) groups excluding carboxylic acids is 1. The fourth-order valence-electron chi connectivity index (χ4n) is 3.46. The van der Waals surface area contributed by atoms with E-state index < -0.39 is 17.9 Å². The number of benzene rings is 1. The topological polar surface area (TPSA) is 32.8 Å². The van der Waals surface area contributed by atoms with Gasteiger partial charge in [0.1, 0.15) is 11.8 Å². The zero-order valence-corrected chi connectivity index (χ0v) is 15.1. The Hall–Kier alpha value is -1.49. The van der Waals surface area contributed by atoms with Crippen molar-refractivity contribution in [2.24, 2.45) is 0 Å². The number of ether oxygens (including phenoxy) is 1. The molecule has 132 valence electrons. The standard InChI is InChI=1S/C18H24ClFN2O2/c1-18(2,3)24-17(23)21-10-14(20)16(11-21)22-8-4-5-12-9-13(19)6-7-15(12)22/h6-7,9,14,16H,4-5,8,10-11H2,1-3H3. The fourth-order valence-corrected chi connectivity index (χ4v) is 3.65. The number of halogens is 2. The number of anilines is 1. The van der Waals surface area contributed by atoms with Crippen LogP contribution in [0.25, 0.3) is 0 Å². The Bertz CT molecular complexity index is 632. The molecule has 0 aliphatic carbocycles. The molecule has 0 saturated carbocycles. The number of amides is 1. The molecule has 2 atom stereocenters. The molecule has 6 heteroatoms. The molecule has 0 radical (unpaired) electrons. The van der Waals surface area contributed by atoms with Crippen LogP contribution >= 0.6 is 11.6 Å². The second-order valence-electron chi connectivity index (χ2n) is 7.54. The number of likely N-dealkylation sites (tertiary alicyclic amines) is 1. The first-order valence-corrected chi connectivity index (χ1v) is 8.79. The number of alkyl halides is 1. The second kappa shape index (κ2) is 6.43. The van der Waals surface area contributed by atoms with Gasteiger partial charge in [-0.2, -0.15) is 0 Å². The number of aryl methyl sites for hydroxylation is 1. The van der Waals surface area contributed by atoms with Gasteiger partial charge in [0.2, 0.25) is 0 Å². The summed E-state index contributed by atoms with van der Waals surface area (Å²) in [6.45, 7) is 6.67. The average molecular weight is 355 g/mol. The van der Waals surface area contributed by atoms with Gasteiger partial charge in [0.25, 0.3) is 0 Å². The Labute approximate surface area is 147 Å². The number of rotatable bonds is 1. The molecule has 1 aromatic carbocycles. The van der Waals surface area contributed by atoms with Crippen molar-refractivity contribution in [2.75, 3.05) is 24.5 Å². The van der Waals surface area contributed by atoms with Gasteiger partial charge in [0.05, 0.1) is 12.6 Å². The van der Waals surface area contributed by atoms with Crippen LogP contribution in [0.2, 0.25) is 5.02 Å². The van der Waals surface area contributed by atoms with E-state index in [1.807, 2.05) is 39.0 Å². The lowest BCUT2D eigenvalue weighted by Gasteiger charge is -2.37. The van der Waals surface area contributed by atoms with Gasteiger partial charge in [-0.3, -0.25) is 0 Å². The van der Waals surface area contributed by atoms with Crippen molar-refractivity contribution in [1.29, 1.82) is 0 Å². The summed E-state index contributed by atoms with van der Waals surface area (Å²) in [6, 6.07) is 5.42. The van der Waals surface area contributed by atoms with Crippen molar-refractivity contribution in [3.8, 4) is 0 Å². The molecule has 2 aliphatic heterocycles. The molecule has 0 N–H and O–H groups in total. The van der Waals surface area contributed by atoms with Crippen molar-refractivity contribution in [3.05, 3.63) is 28.8 Å². The van der Waals surface area contributed by atoms with Crippen LogP contribution in [-0.4, -0.2) is 48.4 Å². The third kappa shape index (κ3) is 3.61. The average Bonchev–Trinajstić information content (AvgIpc) is 2.86. The summed E-state index contributed by atoms with van der Waals surface area (Å²) in [5.41, 5.74) is 1.61. The van der Waals surface area contributed by atoms with E-state index in [9.17, 15) is 9.18 Å². The first-order valence-electron chi connectivity index (χ1n) is 8.42. The minimum atomic E-state index is -1.08. The highest BCUT2D eigenvalue weighted by Crippen LogP contribution is 2.34. The normalized spacial score (nSPS) is 24.0. The molecule has 1 amide bonds. The lowest BCUT2D eigenvalue weighted by atomic mass is 9.99. The Morgan fingerprint density at radius 1 is 1.33 bits per heavy atom. The molecule has 2 unspecified atom stereocenters. The highest BCUT2D eigenvalue weighted by Gasteiger charge is 2.41. The van der Waals surface area contributed by atoms with E-state index in [0.717, 1.165) is 30.6 Å². The first kappa shape index (κ1) is 17.3. The van der Waals surface area contributed by atoms with Crippen LogP contribution in [0, 0.1) is 0 Å². The van der Waals surface area contributed by atoms with E-state index in [2.05, 4.69) is 4.90 Å². The molecule has 3 rings (SSSR count). The maximum Gasteiger partial charge on any atom is 0.410 e. The molecule has 1 fully saturated rings. The molecule has 1 saturated heterocycles. The highest BCUT2D eigenvalue weighted by atomic mass is 35.5. The largest absolute Gasteiger partial charge is 0.444 e. The van der Waals surface area contributed by atoms with E-state index >= 15 is 0 Å². The third-order valence-corrected chi connectivity index (χ3v) is 4.70. The van der Waals surface area contributed by atoms with E-state index in [0.29, 0.717) is 11.6 Å². The van der Waals surface area contributed by atoms with Crippen LogP contribution in [0.3, 0.4) is 0 Å². The van der Waals surface area contributed by atoms with E-state index in [1.165, 1.54) is 4.90 Å². The van der Waals surface area contributed by atoms with Crippen LogP contribution in [0.4, 0.5) is 14.9 Å². The van der Waals surface area contributed by atoms with Gasteiger partial charge in [0.15, 0.2) is 0 Å². The molecular weight excluding hydrogens is 331 g/mol. The molecule has 0 bridgehead atoms. The molecule has 24 heavy (non-hydrogen) atoms. The van der Waals surface area contributed by atoms with Gasteiger partial charge < -0.3 is 14.5 Å². The quantitative estimate of drug-likeness (QED) is 0.762. The molecule has 1 aromatic rings. The lowest BCUT2D eigenvalue weighted by Crippen LogP contribution is -2.45. The van der Waals surface area contributed by atoms with Crippen molar-refractivity contribution < 1.29 is 13.9 Å². The van der Waals surface area contributed by atoms with Crippen molar-refractivity contribution in [3.63, 3.8) is 0 Å². The summed E-state index contributed by atoms with van der Waals surface area (Å²) in [6.07, 6.45) is 0.384. The minimum Gasteiger partial charge on any atom is -0.444 e. The van der Waals surface area contributed by atoms with Gasteiger partial charge in [0, 0.05) is 23.8 Å². The Kier molecular flexibility index (Phi) is 4.65. The van der Waals surface area contributed by atoms with Crippen LogP contribution in [0.1, 0.15) is 32.8 Å². The number of hydrogen-bond acceptors (Lipinski definition) is 3. The fraction of sp³-hybridized carbons (Fsp3) is 0.611. The summed E-state index contributed by atoms with van der Waals surface area (Å²) in [4.78, 5) is 15.8. The van der Waals surface area contributed by atoms with Crippen LogP contribution in [0.15, 0.2) is 18.2 Å². The van der Waals surface area contributed by atoms with Crippen molar-refractivity contribution >= 4 is 23.4 Å². The summed E-state index contributed by atoms with van der Waals surface area (Å²) in [5.74, 6) is 0. The number of carbonyl (C=O) groups is 1. The van der Waals surface area contributed by atoms with E-state index in [4.69, 9.17) is 16.3 Å². The molecule has 2 aliphatic rings. The summed E-state index contributed by atoms with van der Waals surface area (Å²) >= 11 is 6.08. The lowest BCUT2D eigenvalue weighted by molar-refractivity contribution is 0.0283. The number of hydrogen-bond donors (Lipinski definition) is 0. The Morgan fingerprint density at radius 3 is 2.79 bits per heavy atom. The summed E-state index contributed by atoms with van der Waals surface area (Å²) in [7, 11) is 0. The van der Waals surface area contributed by atoms with Gasteiger partial charge in [-0.15, -0.1) is 0 Å². The predicted octanol–water partition coefficient (Wildman–Crippen LogP) is 4.05. The molecule has 4 nitrogen and oxygen atoms in total. The Morgan fingerprint density at radius 2 is 2.08 bits per heavy atom. The smallest absolute Gasteiger partial charge is 0.410 e. The maximum absolute atomic E-state index is 14.7. The second-order valence-corrected chi connectivity index (χ2v) is 7.98. The molecule has 0 aromatic heterocycles. The van der Waals surface area contributed by atoms with E-state index in [-0.39, 0.29) is 12.6 Å². The van der Waals surface area contributed by atoms with Crippen LogP contribution in [0.5, 0.6) is 0 Å².